The highest BCUT2D eigenvalue weighted by atomic mass is 16.5. The maximum absolute atomic E-state index is 6.32. The lowest BCUT2D eigenvalue weighted by Crippen LogP contribution is -1.98. The van der Waals surface area contributed by atoms with Crippen molar-refractivity contribution in [1.82, 2.24) is 9.97 Å². The van der Waals surface area contributed by atoms with E-state index in [-0.39, 0.29) is 0 Å². The zero-order valence-electron chi connectivity index (χ0n) is 15.6. The quantitative estimate of drug-likeness (QED) is 0.321. The highest BCUT2D eigenvalue weighted by molar-refractivity contribution is 5.70. The van der Waals surface area contributed by atoms with Crippen LogP contribution in [0, 0.1) is 13.8 Å². The Morgan fingerprint density at radius 3 is 1.50 bits per heavy atom. The molecule has 1 aliphatic rings. The van der Waals surface area contributed by atoms with Crippen LogP contribution >= 0.6 is 0 Å². The summed E-state index contributed by atoms with van der Waals surface area (Å²) in [4.78, 5) is 9.35. The van der Waals surface area contributed by atoms with E-state index in [1.165, 1.54) is 0 Å². The molecule has 0 unspecified atom stereocenters. The van der Waals surface area contributed by atoms with Crippen molar-refractivity contribution in [2.45, 2.75) is 13.8 Å². The van der Waals surface area contributed by atoms with E-state index in [0.717, 1.165) is 45.1 Å². The molecule has 5 rings (SSSR count). The molecule has 0 saturated carbocycles. The lowest BCUT2D eigenvalue weighted by atomic mass is 10.0. The van der Waals surface area contributed by atoms with Crippen molar-refractivity contribution < 1.29 is 9.47 Å². The molecule has 28 heavy (non-hydrogen) atoms. The van der Waals surface area contributed by atoms with Crippen LogP contribution in [0.2, 0.25) is 0 Å². The minimum Gasteiger partial charge on any atom is -0.457 e. The number of aromatic nitrogens is 2. The van der Waals surface area contributed by atoms with Gasteiger partial charge in [0.2, 0.25) is 11.8 Å². The van der Waals surface area contributed by atoms with Crippen LogP contribution in [0.1, 0.15) is 11.1 Å². The van der Waals surface area contributed by atoms with Crippen LogP contribution in [0.4, 0.5) is 0 Å². The molecule has 2 aromatic carbocycles. The smallest absolute Gasteiger partial charge is 0.221 e. The first-order chi connectivity index (χ1) is 13.7. The minimum atomic E-state index is 0.510. The minimum absolute atomic E-state index is 0.510. The summed E-state index contributed by atoms with van der Waals surface area (Å²) in [5.41, 5.74) is 5.75. The van der Waals surface area contributed by atoms with E-state index >= 15 is 0 Å². The second-order valence-electron chi connectivity index (χ2n) is 6.78. The standard InChI is InChI=1S/C24H18N2O2/c1-15-17-7-3-11-21(15)27-22-12-4-8-18(16(22)2)20-10-6-14-24(26-20)28-23-13-5-9-19(17)25-23/h3-14H,1-2H3. The first kappa shape index (κ1) is 16.5. The van der Waals surface area contributed by atoms with Crippen LogP contribution in [0.5, 0.6) is 23.3 Å². The van der Waals surface area contributed by atoms with Crippen molar-refractivity contribution in [1.29, 1.82) is 0 Å². The SMILES string of the molecule is Cc1c2cccc1-c1cccc(n1)Oc1cccc(n1)-c1cccc(c1C)O2. The third-order valence-corrected chi connectivity index (χ3v) is 5.00. The van der Waals surface area contributed by atoms with Gasteiger partial charge >= 0.3 is 0 Å². The molecule has 136 valence electrons. The molecule has 1 aliphatic heterocycles. The zero-order chi connectivity index (χ0) is 19.1. The maximum atomic E-state index is 6.32. The Balaban J connectivity index is 1.79. The fourth-order valence-electron chi connectivity index (χ4n) is 3.47. The predicted octanol–water partition coefficient (Wildman–Crippen LogP) is 6.33. The van der Waals surface area contributed by atoms with E-state index in [4.69, 9.17) is 9.47 Å². The summed E-state index contributed by atoms with van der Waals surface area (Å²) in [5.74, 6) is 2.64. The van der Waals surface area contributed by atoms with Gasteiger partial charge in [0.25, 0.3) is 0 Å². The molecule has 0 atom stereocenters. The molecule has 8 bridgehead atoms. The van der Waals surface area contributed by atoms with E-state index < -0.39 is 0 Å². The molecule has 4 aromatic rings. The van der Waals surface area contributed by atoms with Crippen LogP contribution in [0.25, 0.3) is 22.5 Å². The van der Waals surface area contributed by atoms with Gasteiger partial charge in [-0.3, -0.25) is 0 Å². The zero-order valence-corrected chi connectivity index (χ0v) is 15.6. The van der Waals surface area contributed by atoms with E-state index in [0.29, 0.717) is 11.8 Å². The van der Waals surface area contributed by atoms with Gasteiger partial charge in [0.1, 0.15) is 11.5 Å². The highest BCUT2D eigenvalue weighted by Crippen LogP contribution is 2.37. The Kier molecular flexibility index (Phi) is 3.83. The molecule has 2 aromatic heterocycles. The molecular weight excluding hydrogens is 348 g/mol. The van der Waals surface area contributed by atoms with Gasteiger partial charge in [-0.1, -0.05) is 36.4 Å². The van der Waals surface area contributed by atoms with Gasteiger partial charge in [0.05, 0.1) is 11.4 Å². The normalized spacial score (nSPS) is 11.8. The van der Waals surface area contributed by atoms with Crippen molar-refractivity contribution >= 4 is 0 Å². The summed E-state index contributed by atoms with van der Waals surface area (Å²) >= 11 is 0. The molecule has 0 aliphatic carbocycles. The second kappa shape index (κ2) is 6.50. The summed E-state index contributed by atoms with van der Waals surface area (Å²) < 4.78 is 12.3. The van der Waals surface area contributed by atoms with Crippen LogP contribution in [0.15, 0.2) is 72.8 Å². The molecule has 4 heteroatoms. The molecular formula is C24H18N2O2. The molecule has 4 nitrogen and oxygen atoms in total. The van der Waals surface area contributed by atoms with Crippen molar-refractivity contribution in [2.24, 2.45) is 0 Å². The van der Waals surface area contributed by atoms with Crippen LogP contribution in [0.3, 0.4) is 0 Å². The summed E-state index contributed by atoms with van der Waals surface area (Å²) in [6.45, 7) is 4.10. The Hall–Kier alpha value is -3.66. The van der Waals surface area contributed by atoms with Crippen molar-refractivity contribution in [3.8, 4) is 45.8 Å². The molecule has 0 spiro atoms. The van der Waals surface area contributed by atoms with Gasteiger partial charge in [-0.05, 0) is 38.1 Å². The summed E-state index contributed by atoms with van der Waals surface area (Å²) in [6, 6.07) is 23.5. The van der Waals surface area contributed by atoms with Gasteiger partial charge in [-0.2, -0.15) is 0 Å². The molecule has 3 heterocycles. The maximum Gasteiger partial charge on any atom is 0.221 e. The van der Waals surface area contributed by atoms with Crippen molar-refractivity contribution in [3.63, 3.8) is 0 Å². The highest BCUT2D eigenvalue weighted by Gasteiger charge is 2.15. The first-order valence-electron chi connectivity index (χ1n) is 9.19. The summed E-state index contributed by atoms with van der Waals surface area (Å²) in [5, 5.41) is 0. The fourth-order valence-corrected chi connectivity index (χ4v) is 3.47. The van der Waals surface area contributed by atoms with Crippen molar-refractivity contribution in [3.05, 3.63) is 83.9 Å². The van der Waals surface area contributed by atoms with Gasteiger partial charge < -0.3 is 9.47 Å². The van der Waals surface area contributed by atoms with Crippen LogP contribution < -0.4 is 9.47 Å². The van der Waals surface area contributed by atoms with E-state index in [1.807, 2.05) is 72.8 Å². The number of pyridine rings is 2. The number of benzene rings is 2. The Labute approximate surface area is 163 Å². The van der Waals surface area contributed by atoms with Crippen LogP contribution in [-0.4, -0.2) is 9.97 Å². The lowest BCUT2D eigenvalue weighted by molar-refractivity contribution is 0.445. The number of hydrogen-bond acceptors (Lipinski definition) is 4. The van der Waals surface area contributed by atoms with Gasteiger partial charge in [0.15, 0.2) is 0 Å². The van der Waals surface area contributed by atoms with Gasteiger partial charge in [0, 0.05) is 34.4 Å². The third-order valence-electron chi connectivity index (χ3n) is 5.00. The average Bonchev–Trinajstić information content (AvgIpc) is 2.71. The van der Waals surface area contributed by atoms with Gasteiger partial charge in [-0.25, -0.2) is 9.97 Å². The first-order valence-corrected chi connectivity index (χ1v) is 9.19. The molecule has 0 saturated heterocycles. The third kappa shape index (κ3) is 2.79. The van der Waals surface area contributed by atoms with Crippen LogP contribution in [-0.2, 0) is 0 Å². The van der Waals surface area contributed by atoms with Crippen molar-refractivity contribution in [2.75, 3.05) is 0 Å². The van der Waals surface area contributed by atoms with E-state index in [2.05, 4.69) is 23.8 Å². The molecule has 0 N–H and O–H groups in total. The number of hydrogen-bond donors (Lipinski definition) is 0. The number of ether oxygens (including phenoxy) is 2. The second-order valence-corrected chi connectivity index (χ2v) is 6.78. The van der Waals surface area contributed by atoms with E-state index in [9.17, 15) is 0 Å². The average molecular weight is 366 g/mol. The monoisotopic (exact) mass is 366 g/mol. The van der Waals surface area contributed by atoms with Gasteiger partial charge in [-0.15, -0.1) is 0 Å². The Bertz CT molecular complexity index is 1110. The number of rotatable bonds is 0. The largest absolute Gasteiger partial charge is 0.457 e. The molecule has 0 radical (unpaired) electrons. The number of fused-ring (bicyclic) bond motifs is 10. The summed E-state index contributed by atoms with van der Waals surface area (Å²) in [6.07, 6.45) is 0. The Morgan fingerprint density at radius 2 is 1.00 bits per heavy atom. The summed E-state index contributed by atoms with van der Waals surface area (Å²) in [7, 11) is 0. The predicted molar refractivity (Wildman–Crippen MR) is 109 cm³/mol. The Morgan fingerprint density at radius 1 is 0.536 bits per heavy atom. The van der Waals surface area contributed by atoms with E-state index in [1.54, 1.807) is 0 Å². The molecule has 0 amide bonds. The topological polar surface area (TPSA) is 44.2 Å². The lowest BCUT2D eigenvalue weighted by Gasteiger charge is -2.17. The number of nitrogens with zero attached hydrogens (tertiary/aromatic N) is 2. The fraction of sp³-hybridized carbons (Fsp3) is 0.0833. The molecule has 0 fully saturated rings.